The number of aliphatic carboxylic acids is 1. The number of phenols is 3. The summed E-state index contributed by atoms with van der Waals surface area (Å²) in [4.78, 5) is 47.9. The largest absolute Gasteiger partial charge is 0.550 e. The number of rotatable bonds is 13. The number of aromatic hydroxyl groups is 3. The molecule has 60 heavy (non-hydrogen) atoms. The number of carbonyl (C=O) groups excluding carboxylic acids is 3. The quantitative estimate of drug-likeness (QED) is 0.0300. The maximum atomic E-state index is 12.9. The van der Waals surface area contributed by atoms with Gasteiger partial charge in [0.25, 0.3) is 0 Å². The van der Waals surface area contributed by atoms with Crippen LogP contribution < -0.4 is 20.0 Å². The summed E-state index contributed by atoms with van der Waals surface area (Å²) in [6.45, 7) is -1.47. The molecule has 0 aromatic heterocycles. The second-order valence-electron chi connectivity index (χ2n) is 13.5. The van der Waals surface area contributed by atoms with E-state index in [4.69, 9.17) is 32.8 Å². The Kier molecular flexibility index (Phi) is 13.2. The van der Waals surface area contributed by atoms with Gasteiger partial charge in [-0.05, 0) is 54.1 Å². The van der Waals surface area contributed by atoms with E-state index in [1.807, 2.05) is 0 Å². The van der Waals surface area contributed by atoms with Crippen molar-refractivity contribution < 1.29 is 98.3 Å². The van der Waals surface area contributed by atoms with Gasteiger partial charge in [-0.2, -0.15) is 0 Å². The molecule has 10 atom stereocenters. The van der Waals surface area contributed by atoms with Crippen molar-refractivity contribution in [2.45, 2.75) is 67.8 Å². The van der Waals surface area contributed by atoms with Crippen LogP contribution in [0.5, 0.6) is 28.7 Å². The molecule has 2 aromatic rings. The van der Waals surface area contributed by atoms with E-state index in [2.05, 4.69) is 0 Å². The van der Waals surface area contributed by atoms with Crippen LogP contribution in [0, 0.1) is 0 Å². The zero-order valence-electron chi connectivity index (χ0n) is 30.7. The smallest absolute Gasteiger partial charge is 0.330 e. The Hall–Kier alpha value is -6.30. The topological polar surface area (TPSA) is 342 Å². The molecule has 0 amide bonds. The summed E-state index contributed by atoms with van der Waals surface area (Å²) in [6.07, 6.45) is -17.2. The highest BCUT2D eigenvalue weighted by Crippen LogP contribution is 2.43. The third kappa shape index (κ3) is 9.93. The van der Waals surface area contributed by atoms with Crippen molar-refractivity contribution in [1.82, 2.24) is 0 Å². The zero-order valence-corrected chi connectivity index (χ0v) is 30.7. The maximum Gasteiger partial charge on any atom is 0.330 e. The number of fused-ring (bicyclic) bond motifs is 1. The number of carboxylic acid groups (broad SMARTS) is 1. The van der Waals surface area contributed by atoms with Gasteiger partial charge in [0.2, 0.25) is 12.6 Å². The van der Waals surface area contributed by atoms with Gasteiger partial charge in [0.05, 0.1) is 18.0 Å². The predicted octanol–water partition coefficient (Wildman–Crippen LogP) is -2.16. The van der Waals surface area contributed by atoms with Crippen molar-refractivity contribution in [3.05, 3.63) is 82.5 Å². The van der Waals surface area contributed by atoms with Crippen LogP contribution in [-0.2, 0) is 33.3 Å². The lowest BCUT2D eigenvalue weighted by Crippen LogP contribution is -2.60. The number of carbonyl (C=O) groups is 3. The molecule has 3 heterocycles. The SMILES string of the molecule is O=C([O-])CC(=O)OC[C@H]1O[C@@H](Oc2cc(=O)cc3oc(-c4ccc(O)cc4)c(O[C@@H]4O[C@H](COC(=O)/C=C/c5ccc(O)c(O)c5)[C@@H](O)[C@H](O)[C@H]4O)cc2-3)[C@H](O)[C@@H](O)[C@@H]1O. The number of carboxylic acids is 1. The molecule has 6 rings (SSSR count). The van der Waals surface area contributed by atoms with Crippen molar-refractivity contribution >= 4 is 24.0 Å². The number of ether oxygens (including phenoxy) is 6. The van der Waals surface area contributed by atoms with E-state index in [0.717, 1.165) is 18.2 Å². The van der Waals surface area contributed by atoms with Gasteiger partial charge >= 0.3 is 11.9 Å². The second-order valence-corrected chi connectivity index (χ2v) is 13.5. The first-order valence-electron chi connectivity index (χ1n) is 17.8. The fraction of sp³-hybridized carbons (Fsp3) is 0.333. The van der Waals surface area contributed by atoms with Crippen LogP contribution in [-0.4, -0.2) is 138 Å². The van der Waals surface area contributed by atoms with Gasteiger partial charge in [-0.25, -0.2) is 4.79 Å². The van der Waals surface area contributed by atoms with Crippen LogP contribution in [0.15, 0.2) is 76.0 Å². The van der Waals surface area contributed by atoms with Crippen LogP contribution in [0.2, 0.25) is 0 Å². The van der Waals surface area contributed by atoms with E-state index in [-0.39, 0.29) is 45.6 Å². The summed E-state index contributed by atoms with van der Waals surface area (Å²) in [5, 5.41) is 104. The van der Waals surface area contributed by atoms with E-state index in [9.17, 15) is 70.2 Å². The Morgan fingerprint density at radius 2 is 1.28 bits per heavy atom. The van der Waals surface area contributed by atoms with Crippen molar-refractivity contribution in [3.63, 3.8) is 0 Å². The summed E-state index contributed by atoms with van der Waals surface area (Å²) < 4.78 is 39.1. The van der Waals surface area contributed by atoms with Gasteiger partial charge in [0.1, 0.15) is 79.3 Å². The van der Waals surface area contributed by atoms with Gasteiger partial charge in [-0.1, -0.05) is 6.07 Å². The molecular weight excluding hydrogens is 804 g/mol. The van der Waals surface area contributed by atoms with Crippen molar-refractivity contribution in [2.24, 2.45) is 0 Å². The third-order valence-corrected chi connectivity index (χ3v) is 9.24. The minimum absolute atomic E-state index is 0.0782. The molecule has 2 fully saturated rings. The lowest BCUT2D eigenvalue weighted by Gasteiger charge is -2.40. The molecule has 2 aromatic carbocycles. The fourth-order valence-corrected chi connectivity index (χ4v) is 6.08. The Morgan fingerprint density at radius 3 is 1.88 bits per heavy atom. The molecule has 1 aliphatic carbocycles. The lowest BCUT2D eigenvalue weighted by molar-refractivity contribution is -0.305. The van der Waals surface area contributed by atoms with E-state index in [1.54, 1.807) is 0 Å². The summed E-state index contributed by atoms with van der Waals surface area (Å²) >= 11 is 0. The Bertz CT molecular complexity index is 2240. The molecule has 0 bridgehead atoms. The minimum atomic E-state index is -1.98. The molecule has 21 heteroatoms. The Morgan fingerprint density at radius 1 is 0.683 bits per heavy atom. The van der Waals surface area contributed by atoms with Gasteiger partial charge in [0, 0.05) is 23.8 Å². The predicted molar refractivity (Wildman–Crippen MR) is 194 cm³/mol. The van der Waals surface area contributed by atoms with Crippen molar-refractivity contribution in [3.8, 4) is 51.4 Å². The van der Waals surface area contributed by atoms with E-state index >= 15 is 0 Å². The van der Waals surface area contributed by atoms with E-state index < -0.39 is 110 Å². The highest BCUT2D eigenvalue weighted by Gasteiger charge is 2.47. The standard InChI is InChI=1S/C39H38O21/c40-18-5-3-17(4-6-18)37-25(58-39-36(53)34(51)31(48)26(60-39)14-54-29(46)8-2-16-1-7-21(42)22(43)9-16)12-20-23(56-37)10-19(41)11-24(20)57-38-35(52)33(50)32(49)27(59-38)15-55-30(47)13-28(44)45/h1-12,26-27,31-36,38-40,42-43,48-53H,13-15H2,(H,44,45)/p-1/b8-2+/t26-,27-,31-,32-,33+,34+,35-,36-,38-,39-/m1/s1. The number of hydrogen-bond acceptors (Lipinski definition) is 21. The maximum absolute atomic E-state index is 12.9. The van der Waals surface area contributed by atoms with Crippen LogP contribution in [0.3, 0.4) is 0 Å². The first-order valence-corrected chi connectivity index (χ1v) is 17.8. The number of benzene rings is 3. The molecular formula is C39H37O21-. The highest BCUT2D eigenvalue weighted by atomic mass is 16.7. The van der Waals surface area contributed by atoms with E-state index in [0.29, 0.717) is 5.56 Å². The average molecular weight is 842 g/mol. The molecule has 0 radical (unpaired) electrons. The molecule has 0 spiro atoms. The molecule has 0 unspecified atom stereocenters. The number of aliphatic hydroxyl groups excluding tert-OH is 6. The van der Waals surface area contributed by atoms with Crippen LogP contribution in [0.4, 0.5) is 0 Å². The van der Waals surface area contributed by atoms with Gasteiger partial charge in [0.15, 0.2) is 28.4 Å². The van der Waals surface area contributed by atoms with Crippen molar-refractivity contribution in [2.75, 3.05) is 13.2 Å². The average Bonchev–Trinajstić information content (AvgIpc) is 3.20. The lowest BCUT2D eigenvalue weighted by atomic mass is 9.99. The van der Waals surface area contributed by atoms with Crippen LogP contribution >= 0.6 is 0 Å². The molecule has 21 nitrogen and oxygen atoms in total. The number of esters is 2. The molecule has 9 N–H and O–H groups in total. The molecule has 0 saturated carbocycles. The summed E-state index contributed by atoms with van der Waals surface area (Å²) in [7, 11) is 0. The summed E-state index contributed by atoms with van der Waals surface area (Å²) in [6, 6.07) is 12.4. The monoisotopic (exact) mass is 841 g/mol. The van der Waals surface area contributed by atoms with Gasteiger partial charge in [-0.15, -0.1) is 0 Å². The number of phenolic OH excluding ortho intramolecular Hbond substituents is 3. The second kappa shape index (κ2) is 18.3. The van der Waals surface area contributed by atoms with Crippen LogP contribution in [0.25, 0.3) is 28.7 Å². The summed E-state index contributed by atoms with van der Waals surface area (Å²) in [5.41, 5.74) is -0.230. The fourth-order valence-electron chi connectivity index (χ4n) is 6.08. The van der Waals surface area contributed by atoms with Crippen molar-refractivity contribution in [1.29, 1.82) is 0 Å². The number of aliphatic hydroxyl groups is 6. The van der Waals surface area contributed by atoms with Gasteiger partial charge < -0.3 is 88.7 Å². The number of hydrogen-bond donors (Lipinski definition) is 9. The third-order valence-electron chi connectivity index (χ3n) is 9.24. The minimum Gasteiger partial charge on any atom is -0.550 e. The Balaban J connectivity index is 1.28. The highest BCUT2D eigenvalue weighted by molar-refractivity contribution is 5.89. The molecule has 3 aliphatic heterocycles. The Labute approximate surface area is 337 Å². The first-order chi connectivity index (χ1) is 28.5. The molecule has 320 valence electrons. The first kappa shape index (κ1) is 43.3. The molecule has 2 saturated heterocycles. The summed E-state index contributed by atoms with van der Waals surface area (Å²) in [5.74, 6) is -5.86. The van der Waals surface area contributed by atoms with E-state index in [1.165, 1.54) is 54.6 Å². The van der Waals surface area contributed by atoms with Gasteiger partial charge in [-0.3, -0.25) is 9.59 Å². The zero-order chi connectivity index (χ0) is 43.4. The van der Waals surface area contributed by atoms with Crippen LogP contribution in [0.1, 0.15) is 12.0 Å². The normalized spacial score (nSPS) is 26.7. The molecule has 4 aliphatic rings.